The molecule has 0 saturated carbocycles. The van der Waals surface area contributed by atoms with Crippen molar-refractivity contribution >= 4 is 11.7 Å². The average molecular weight is 262 g/mol. The number of nitro benzene ring substituents is 1. The summed E-state index contributed by atoms with van der Waals surface area (Å²) in [6.45, 7) is 1.31. The molecule has 1 aromatic heterocycles. The predicted molar refractivity (Wildman–Crippen MR) is 64.1 cm³/mol. The van der Waals surface area contributed by atoms with Crippen molar-refractivity contribution in [3.05, 3.63) is 46.3 Å². The number of benzene rings is 1. The van der Waals surface area contributed by atoms with Crippen LogP contribution in [0, 0.1) is 10.1 Å². The van der Waals surface area contributed by atoms with E-state index in [1.165, 1.54) is 25.3 Å². The molecule has 0 aliphatic carbocycles. The Hall–Kier alpha value is -2.70. The summed E-state index contributed by atoms with van der Waals surface area (Å²) in [5, 5.41) is 10.5. The Morgan fingerprint density at radius 1 is 1.42 bits per heavy atom. The number of hydrogen-bond acceptors (Lipinski definition) is 6. The lowest BCUT2D eigenvalue weighted by molar-refractivity contribution is -0.384. The summed E-state index contributed by atoms with van der Waals surface area (Å²) < 4.78 is 10.1. The molecule has 1 heterocycles. The summed E-state index contributed by atoms with van der Waals surface area (Å²) in [5.74, 6) is 0.314. The highest BCUT2D eigenvalue weighted by molar-refractivity contribution is 5.65. The van der Waals surface area contributed by atoms with Gasteiger partial charge in [-0.2, -0.15) is 0 Å². The number of hydrogen-bond donors (Lipinski definition) is 0. The van der Waals surface area contributed by atoms with Crippen LogP contribution in [0.2, 0.25) is 0 Å². The smallest absolute Gasteiger partial charge is 0.303 e. The molecule has 2 rings (SSSR count). The molecule has 0 bridgehead atoms. The Kier molecular flexibility index (Phi) is 3.56. The zero-order valence-electron chi connectivity index (χ0n) is 10.0. The van der Waals surface area contributed by atoms with Crippen LogP contribution in [0.15, 0.2) is 34.9 Å². The van der Waals surface area contributed by atoms with Crippen LogP contribution in [0.1, 0.15) is 12.7 Å². The highest BCUT2D eigenvalue weighted by Gasteiger charge is 2.10. The van der Waals surface area contributed by atoms with Gasteiger partial charge in [-0.15, -0.1) is 0 Å². The van der Waals surface area contributed by atoms with E-state index in [2.05, 4.69) is 4.98 Å². The van der Waals surface area contributed by atoms with Gasteiger partial charge in [0.25, 0.3) is 5.69 Å². The second-order valence-corrected chi connectivity index (χ2v) is 3.72. The molecule has 0 atom stereocenters. The van der Waals surface area contributed by atoms with E-state index in [0.717, 1.165) is 0 Å². The number of nitro groups is 1. The highest BCUT2D eigenvalue weighted by Crippen LogP contribution is 2.22. The van der Waals surface area contributed by atoms with Gasteiger partial charge in [0.15, 0.2) is 12.4 Å². The van der Waals surface area contributed by atoms with Gasteiger partial charge in [-0.25, -0.2) is 4.98 Å². The number of rotatable bonds is 4. The molecule has 0 unspecified atom stereocenters. The monoisotopic (exact) mass is 262 g/mol. The number of esters is 1. The number of nitrogens with zero attached hydrogens (tertiary/aromatic N) is 2. The minimum Gasteiger partial charge on any atom is -0.458 e. The van der Waals surface area contributed by atoms with Crippen molar-refractivity contribution < 1.29 is 18.9 Å². The topological polar surface area (TPSA) is 95.5 Å². The molecule has 7 heteroatoms. The third-order valence-electron chi connectivity index (χ3n) is 2.30. The summed E-state index contributed by atoms with van der Waals surface area (Å²) >= 11 is 0. The van der Waals surface area contributed by atoms with Crippen molar-refractivity contribution in [1.29, 1.82) is 0 Å². The highest BCUT2D eigenvalue weighted by atomic mass is 16.6. The third-order valence-corrected chi connectivity index (χ3v) is 2.30. The molecule has 98 valence electrons. The Labute approximate surface area is 108 Å². The molecule has 0 amide bonds. The zero-order chi connectivity index (χ0) is 13.8. The van der Waals surface area contributed by atoms with Crippen LogP contribution in [0.3, 0.4) is 0 Å². The number of non-ortho nitro benzene ring substituents is 1. The van der Waals surface area contributed by atoms with Gasteiger partial charge in [-0.3, -0.25) is 14.9 Å². The lowest BCUT2D eigenvalue weighted by Gasteiger charge is -1.97. The fourth-order valence-corrected chi connectivity index (χ4v) is 1.41. The molecule has 0 fully saturated rings. The molecule has 7 nitrogen and oxygen atoms in total. The average Bonchev–Trinajstić information content (AvgIpc) is 2.85. The number of aromatic nitrogens is 1. The van der Waals surface area contributed by atoms with Crippen molar-refractivity contribution in [2.24, 2.45) is 0 Å². The lowest BCUT2D eigenvalue weighted by Crippen LogP contribution is -1.97. The van der Waals surface area contributed by atoms with E-state index >= 15 is 0 Å². The molecule has 19 heavy (non-hydrogen) atoms. The van der Waals surface area contributed by atoms with Crippen LogP contribution in [0.5, 0.6) is 0 Å². The number of oxazole rings is 1. The van der Waals surface area contributed by atoms with Gasteiger partial charge in [-0.1, -0.05) is 0 Å². The molecule has 2 aromatic rings. The summed E-state index contributed by atoms with van der Waals surface area (Å²) in [5.41, 5.74) is 0.607. The van der Waals surface area contributed by atoms with Crippen LogP contribution < -0.4 is 0 Å². The van der Waals surface area contributed by atoms with Crippen LogP contribution in [-0.2, 0) is 16.1 Å². The fourth-order valence-electron chi connectivity index (χ4n) is 1.41. The summed E-state index contributed by atoms with van der Waals surface area (Å²) in [7, 11) is 0. The van der Waals surface area contributed by atoms with E-state index in [1.807, 2.05) is 0 Å². The first kappa shape index (κ1) is 12.7. The van der Waals surface area contributed by atoms with Gasteiger partial charge in [0, 0.05) is 24.6 Å². The van der Waals surface area contributed by atoms with Crippen LogP contribution >= 0.6 is 0 Å². The molecule has 0 radical (unpaired) electrons. The zero-order valence-corrected chi connectivity index (χ0v) is 10.0. The van der Waals surface area contributed by atoms with Gasteiger partial charge >= 0.3 is 5.97 Å². The minimum atomic E-state index is -0.481. The van der Waals surface area contributed by atoms with Gasteiger partial charge < -0.3 is 9.15 Å². The van der Waals surface area contributed by atoms with E-state index in [0.29, 0.717) is 17.2 Å². The molecule has 0 saturated heterocycles. The van der Waals surface area contributed by atoms with Crippen LogP contribution in [0.4, 0.5) is 5.69 Å². The quantitative estimate of drug-likeness (QED) is 0.476. The second-order valence-electron chi connectivity index (χ2n) is 3.72. The van der Waals surface area contributed by atoms with Crippen molar-refractivity contribution in [2.45, 2.75) is 13.5 Å². The second kappa shape index (κ2) is 5.30. The molecule has 0 N–H and O–H groups in total. The SMILES string of the molecule is CC(=O)OCc1cnc(-c2ccc([N+](=O)[O-])cc2)o1. The van der Waals surface area contributed by atoms with E-state index in [-0.39, 0.29) is 12.3 Å². The van der Waals surface area contributed by atoms with Gasteiger partial charge in [0.05, 0.1) is 11.1 Å². The lowest BCUT2D eigenvalue weighted by atomic mass is 10.2. The maximum atomic E-state index is 10.6. The Morgan fingerprint density at radius 2 is 2.11 bits per heavy atom. The van der Waals surface area contributed by atoms with E-state index in [4.69, 9.17) is 9.15 Å². The Morgan fingerprint density at radius 3 is 2.68 bits per heavy atom. The summed E-state index contributed by atoms with van der Waals surface area (Å²) in [4.78, 5) is 24.7. The van der Waals surface area contributed by atoms with Gasteiger partial charge in [-0.05, 0) is 12.1 Å². The standard InChI is InChI=1S/C12H10N2O5/c1-8(15)18-7-11-6-13-12(19-11)9-2-4-10(5-3-9)14(16)17/h2-6H,7H2,1H3. The van der Waals surface area contributed by atoms with Gasteiger partial charge in [0.1, 0.15) is 0 Å². The molecule has 0 spiro atoms. The van der Waals surface area contributed by atoms with Crippen LogP contribution in [0.25, 0.3) is 11.5 Å². The largest absolute Gasteiger partial charge is 0.458 e. The number of carbonyl (C=O) groups is 1. The maximum absolute atomic E-state index is 10.6. The van der Waals surface area contributed by atoms with E-state index < -0.39 is 10.9 Å². The van der Waals surface area contributed by atoms with Crippen molar-refractivity contribution in [3.8, 4) is 11.5 Å². The molecule has 0 aliphatic heterocycles. The molecule has 0 aliphatic rings. The third kappa shape index (κ3) is 3.15. The minimum absolute atomic E-state index is 0.00422. The Balaban J connectivity index is 2.13. The van der Waals surface area contributed by atoms with E-state index in [9.17, 15) is 14.9 Å². The van der Waals surface area contributed by atoms with Crippen LogP contribution in [-0.4, -0.2) is 15.9 Å². The van der Waals surface area contributed by atoms with Gasteiger partial charge in [0.2, 0.25) is 5.89 Å². The first-order valence-corrected chi connectivity index (χ1v) is 5.39. The number of carbonyl (C=O) groups excluding carboxylic acids is 1. The maximum Gasteiger partial charge on any atom is 0.303 e. The van der Waals surface area contributed by atoms with Crippen molar-refractivity contribution in [1.82, 2.24) is 4.98 Å². The fraction of sp³-hybridized carbons (Fsp3) is 0.167. The summed E-state index contributed by atoms with van der Waals surface area (Å²) in [6, 6.07) is 5.82. The van der Waals surface area contributed by atoms with Crippen molar-refractivity contribution in [2.75, 3.05) is 0 Å². The normalized spacial score (nSPS) is 10.2. The molecular formula is C12H10N2O5. The van der Waals surface area contributed by atoms with Crippen molar-refractivity contribution in [3.63, 3.8) is 0 Å². The first-order valence-electron chi connectivity index (χ1n) is 5.39. The Bertz CT molecular complexity index is 603. The predicted octanol–water partition coefficient (Wildman–Crippen LogP) is 2.31. The first-order chi connectivity index (χ1) is 9.06. The molecule has 1 aromatic carbocycles. The number of ether oxygens (including phenoxy) is 1. The molecular weight excluding hydrogens is 252 g/mol. The van der Waals surface area contributed by atoms with E-state index in [1.54, 1.807) is 12.1 Å². The summed E-state index contributed by atoms with van der Waals surface area (Å²) in [6.07, 6.45) is 1.44.